The maximum Gasteiger partial charge on any atom is 0.0834 e. The van der Waals surface area contributed by atoms with Gasteiger partial charge in [0.1, 0.15) is 0 Å². The van der Waals surface area contributed by atoms with Crippen molar-refractivity contribution >= 4 is 11.6 Å². The molecule has 0 saturated carbocycles. The SMILES string of the molecule is Cc1cc(C)cc(CC(NN)c2c(Cl)cnn2C(C)C)c1. The van der Waals surface area contributed by atoms with Crippen molar-refractivity contribution in [2.24, 2.45) is 5.84 Å². The number of halogens is 1. The number of hydrogen-bond acceptors (Lipinski definition) is 3. The van der Waals surface area contributed by atoms with E-state index in [0.717, 1.165) is 12.1 Å². The second kappa shape index (κ2) is 6.60. The van der Waals surface area contributed by atoms with Gasteiger partial charge in [-0.3, -0.25) is 16.0 Å². The van der Waals surface area contributed by atoms with Crippen LogP contribution in [0.25, 0.3) is 0 Å². The third kappa shape index (κ3) is 3.64. The largest absolute Gasteiger partial charge is 0.271 e. The van der Waals surface area contributed by atoms with E-state index in [9.17, 15) is 0 Å². The second-order valence-electron chi connectivity index (χ2n) is 5.84. The number of nitrogens with zero attached hydrogens (tertiary/aromatic N) is 2. The van der Waals surface area contributed by atoms with E-state index in [-0.39, 0.29) is 12.1 Å². The molecular formula is C16H23ClN4. The van der Waals surface area contributed by atoms with Crippen LogP contribution >= 0.6 is 11.6 Å². The molecule has 1 heterocycles. The first kappa shape index (κ1) is 16.0. The van der Waals surface area contributed by atoms with E-state index >= 15 is 0 Å². The Morgan fingerprint density at radius 2 is 1.86 bits per heavy atom. The van der Waals surface area contributed by atoms with Gasteiger partial charge in [-0.1, -0.05) is 40.9 Å². The fourth-order valence-electron chi connectivity index (χ4n) is 2.75. The Hall–Kier alpha value is -1.36. The van der Waals surface area contributed by atoms with Gasteiger partial charge in [0.2, 0.25) is 0 Å². The standard InChI is InChI=1S/C16H23ClN4/c1-10(2)21-16(14(17)9-19-21)15(20-18)8-13-6-11(3)5-12(4)7-13/h5-7,9-10,15,20H,8,18H2,1-4H3. The van der Waals surface area contributed by atoms with Crippen LogP contribution in [0, 0.1) is 13.8 Å². The average molecular weight is 307 g/mol. The number of hydrazine groups is 1. The predicted octanol–water partition coefficient (Wildman–Crippen LogP) is 3.48. The predicted molar refractivity (Wildman–Crippen MR) is 87.3 cm³/mol. The van der Waals surface area contributed by atoms with Crippen molar-refractivity contribution < 1.29 is 0 Å². The molecule has 21 heavy (non-hydrogen) atoms. The van der Waals surface area contributed by atoms with Crippen molar-refractivity contribution in [3.63, 3.8) is 0 Å². The molecule has 0 aliphatic heterocycles. The van der Waals surface area contributed by atoms with Crippen molar-refractivity contribution in [3.05, 3.63) is 51.8 Å². The Bertz CT molecular complexity index is 598. The van der Waals surface area contributed by atoms with Crippen molar-refractivity contribution in [1.29, 1.82) is 0 Å². The van der Waals surface area contributed by atoms with Crippen molar-refractivity contribution in [1.82, 2.24) is 15.2 Å². The van der Waals surface area contributed by atoms with E-state index in [0.29, 0.717) is 5.02 Å². The zero-order valence-electron chi connectivity index (χ0n) is 13.0. The molecule has 5 heteroatoms. The van der Waals surface area contributed by atoms with Crippen LogP contribution in [0.4, 0.5) is 0 Å². The Kier molecular flexibility index (Phi) is 5.04. The fourth-order valence-corrected chi connectivity index (χ4v) is 3.01. The van der Waals surface area contributed by atoms with Crippen LogP contribution in [-0.4, -0.2) is 9.78 Å². The van der Waals surface area contributed by atoms with Crippen molar-refractivity contribution in [3.8, 4) is 0 Å². The number of aryl methyl sites for hydroxylation is 2. The van der Waals surface area contributed by atoms with Gasteiger partial charge in [0.15, 0.2) is 0 Å². The topological polar surface area (TPSA) is 55.9 Å². The number of nitrogens with two attached hydrogens (primary N) is 1. The Labute approximate surface area is 131 Å². The molecule has 0 amide bonds. The number of aromatic nitrogens is 2. The van der Waals surface area contributed by atoms with Crippen molar-refractivity contribution in [2.75, 3.05) is 0 Å². The summed E-state index contributed by atoms with van der Waals surface area (Å²) in [5.41, 5.74) is 7.57. The molecule has 1 atom stereocenters. The minimum atomic E-state index is -0.0661. The zero-order valence-corrected chi connectivity index (χ0v) is 13.8. The first-order valence-corrected chi connectivity index (χ1v) is 7.56. The minimum absolute atomic E-state index is 0.0661. The summed E-state index contributed by atoms with van der Waals surface area (Å²) in [5.74, 6) is 5.78. The summed E-state index contributed by atoms with van der Waals surface area (Å²) in [4.78, 5) is 0. The molecule has 0 aliphatic carbocycles. The molecule has 0 radical (unpaired) electrons. The normalized spacial score (nSPS) is 12.9. The average Bonchev–Trinajstić information content (AvgIpc) is 2.77. The van der Waals surface area contributed by atoms with Gasteiger partial charge in [0.05, 0.1) is 23.0 Å². The van der Waals surface area contributed by atoms with Gasteiger partial charge in [-0.2, -0.15) is 5.10 Å². The first-order valence-electron chi connectivity index (χ1n) is 7.18. The van der Waals surface area contributed by atoms with Crippen LogP contribution in [0.2, 0.25) is 5.02 Å². The van der Waals surface area contributed by atoms with Crippen LogP contribution < -0.4 is 11.3 Å². The molecule has 0 fully saturated rings. The number of nitrogens with one attached hydrogen (secondary N) is 1. The molecule has 3 N–H and O–H groups in total. The smallest absolute Gasteiger partial charge is 0.0834 e. The summed E-state index contributed by atoms with van der Waals surface area (Å²) in [7, 11) is 0. The first-order chi connectivity index (χ1) is 9.92. The molecule has 2 aromatic rings. The number of rotatable bonds is 5. The lowest BCUT2D eigenvalue weighted by atomic mass is 9.99. The van der Waals surface area contributed by atoms with Crippen LogP contribution in [0.1, 0.15) is 48.3 Å². The van der Waals surface area contributed by atoms with Crippen LogP contribution in [-0.2, 0) is 6.42 Å². The maximum atomic E-state index is 6.31. The fraction of sp³-hybridized carbons (Fsp3) is 0.438. The summed E-state index contributed by atoms with van der Waals surface area (Å²) in [5, 5.41) is 5.00. The molecule has 1 aromatic heterocycles. The van der Waals surface area contributed by atoms with Gasteiger partial charge in [-0.15, -0.1) is 0 Å². The van der Waals surface area contributed by atoms with Crippen LogP contribution in [0.5, 0.6) is 0 Å². The molecule has 1 aromatic carbocycles. The molecule has 4 nitrogen and oxygen atoms in total. The summed E-state index contributed by atoms with van der Waals surface area (Å²) in [6.45, 7) is 8.37. The van der Waals surface area contributed by atoms with Gasteiger partial charge in [0, 0.05) is 6.04 Å². The van der Waals surface area contributed by atoms with Crippen LogP contribution in [0.3, 0.4) is 0 Å². The van der Waals surface area contributed by atoms with Gasteiger partial charge in [0.25, 0.3) is 0 Å². The third-order valence-corrected chi connectivity index (χ3v) is 3.82. The molecule has 0 spiro atoms. The molecule has 1 unspecified atom stereocenters. The van der Waals surface area contributed by atoms with Gasteiger partial charge in [-0.05, 0) is 39.7 Å². The Morgan fingerprint density at radius 1 is 1.24 bits per heavy atom. The monoisotopic (exact) mass is 306 g/mol. The van der Waals surface area contributed by atoms with Crippen LogP contribution in [0.15, 0.2) is 24.4 Å². The zero-order chi connectivity index (χ0) is 15.6. The summed E-state index contributed by atoms with van der Waals surface area (Å²) >= 11 is 6.31. The molecule has 114 valence electrons. The van der Waals surface area contributed by atoms with Gasteiger partial charge >= 0.3 is 0 Å². The molecule has 2 rings (SSSR count). The quantitative estimate of drug-likeness (QED) is 0.657. The number of benzene rings is 1. The number of hydrogen-bond donors (Lipinski definition) is 2. The van der Waals surface area contributed by atoms with E-state index in [1.807, 2.05) is 4.68 Å². The van der Waals surface area contributed by atoms with Crippen molar-refractivity contribution in [2.45, 2.75) is 46.2 Å². The summed E-state index contributed by atoms with van der Waals surface area (Å²) in [6.07, 6.45) is 2.46. The highest BCUT2D eigenvalue weighted by Gasteiger charge is 2.21. The van der Waals surface area contributed by atoms with E-state index in [4.69, 9.17) is 17.4 Å². The highest BCUT2D eigenvalue weighted by atomic mass is 35.5. The van der Waals surface area contributed by atoms with Gasteiger partial charge in [-0.25, -0.2) is 0 Å². The Balaban J connectivity index is 2.34. The van der Waals surface area contributed by atoms with Gasteiger partial charge < -0.3 is 0 Å². The maximum absolute atomic E-state index is 6.31. The Morgan fingerprint density at radius 3 is 2.38 bits per heavy atom. The summed E-state index contributed by atoms with van der Waals surface area (Å²) < 4.78 is 1.93. The third-order valence-electron chi connectivity index (χ3n) is 3.53. The highest BCUT2D eigenvalue weighted by Crippen LogP contribution is 2.28. The van der Waals surface area contributed by atoms with E-state index in [1.165, 1.54) is 16.7 Å². The second-order valence-corrected chi connectivity index (χ2v) is 6.24. The van der Waals surface area contributed by atoms with E-state index in [1.54, 1.807) is 6.20 Å². The van der Waals surface area contributed by atoms with E-state index < -0.39 is 0 Å². The molecule has 0 bridgehead atoms. The molecular weight excluding hydrogens is 284 g/mol. The lowest BCUT2D eigenvalue weighted by Gasteiger charge is -2.20. The molecule has 0 aliphatic rings. The lowest BCUT2D eigenvalue weighted by Crippen LogP contribution is -2.32. The lowest BCUT2D eigenvalue weighted by molar-refractivity contribution is 0.448. The summed E-state index contributed by atoms with van der Waals surface area (Å²) in [6, 6.07) is 6.70. The highest BCUT2D eigenvalue weighted by molar-refractivity contribution is 6.31. The molecule has 0 saturated heterocycles. The minimum Gasteiger partial charge on any atom is -0.271 e. The van der Waals surface area contributed by atoms with E-state index in [2.05, 4.69) is 56.4 Å².